The van der Waals surface area contributed by atoms with Gasteiger partial charge in [0.05, 0.1) is 0 Å². The van der Waals surface area contributed by atoms with Crippen LogP contribution in [0.1, 0.15) is 12.8 Å². The van der Waals surface area contributed by atoms with Gasteiger partial charge in [0.1, 0.15) is 0 Å². The van der Waals surface area contributed by atoms with Gasteiger partial charge in [-0.25, -0.2) is 0 Å². The van der Waals surface area contributed by atoms with E-state index >= 15 is 0 Å². The van der Waals surface area contributed by atoms with Crippen LogP contribution in [0.25, 0.3) is 0 Å². The molecule has 1 unspecified atom stereocenters. The average Bonchev–Trinajstić information content (AvgIpc) is 1.64. The molecule has 1 saturated heterocycles. The summed E-state index contributed by atoms with van der Waals surface area (Å²) >= 11 is 1.40. The van der Waals surface area contributed by atoms with Crippen molar-refractivity contribution in [3.05, 3.63) is 0 Å². The maximum absolute atomic E-state index is 10.6. The summed E-state index contributed by atoms with van der Waals surface area (Å²) in [6.07, 6.45) is 1.57. The van der Waals surface area contributed by atoms with E-state index in [0.29, 0.717) is 6.42 Å². The van der Waals surface area contributed by atoms with Gasteiger partial charge in [-0.15, -0.1) is 0 Å². The quantitative estimate of drug-likeness (QED) is 0.516. The fraction of sp³-hybridized carbons (Fsp3) is 0.800. The molecule has 8 heavy (non-hydrogen) atoms. The minimum atomic E-state index is 0.142. The van der Waals surface area contributed by atoms with Crippen molar-refractivity contribution in [3.8, 4) is 0 Å². The molecule has 1 rings (SSSR count). The van der Waals surface area contributed by atoms with E-state index in [1.807, 2.05) is 0 Å². The number of hydrogen-bond donors (Lipinski definition) is 1. The summed E-state index contributed by atoms with van der Waals surface area (Å²) in [5.41, 5.74) is 5.49. The number of hydrogen-bond acceptors (Lipinski definition) is 3. The van der Waals surface area contributed by atoms with Crippen LogP contribution in [0, 0.1) is 0 Å². The molecule has 0 aromatic carbocycles. The first kappa shape index (κ1) is 6.11. The molecule has 1 heterocycles. The third kappa shape index (κ3) is 1.49. The molecule has 0 spiro atoms. The summed E-state index contributed by atoms with van der Waals surface area (Å²) in [5, 5.41) is 0.253. The van der Waals surface area contributed by atoms with Crippen LogP contribution in [0.15, 0.2) is 0 Å². The highest BCUT2D eigenvalue weighted by Gasteiger charge is 2.15. The highest BCUT2D eigenvalue weighted by Crippen LogP contribution is 2.16. The molecule has 0 aromatic heterocycles. The van der Waals surface area contributed by atoms with Gasteiger partial charge in [-0.2, -0.15) is 0 Å². The third-order valence-corrected chi connectivity index (χ3v) is 2.11. The van der Waals surface area contributed by atoms with Crippen molar-refractivity contribution in [3.63, 3.8) is 0 Å². The summed E-state index contributed by atoms with van der Waals surface area (Å²) in [6, 6.07) is 0.142. The minimum Gasteiger partial charge on any atom is -0.327 e. The lowest BCUT2D eigenvalue weighted by Crippen LogP contribution is -2.27. The van der Waals surface area contributed by atoms with Crippen molar-refractivity contribution < 1.29 is 4.79 Å². The van der Waals surface area contributed by atoms with Crippen LogP contribution in [0.3, 0.4) is 0 Å². The summed E-state index contributed by atoms with van der Waals surface area (Å²) in [6.45, 7) is 0. The predicted octanol–water partition coefficient (Wildman–Crippen LogP) is 0.367. The molecule has 0 amide bonds. The molecule has 1 atom stereocenters. The molecule has 0 bridgehead atoms. The first-order valence-electron chi connectivity index (χ1n) is 2.70. The van der Waals surface area contributed by atoms with Crippen molar-refractivity contribution in [2.45, 2.75) is 18.9 Å². The Kier molecular flexibility index (Phi) is 1.91. The molecule has 1 aliphatic rings. The molecule has 3 heteroatoms. The van der Waals surface area contributed by atoms with E-state index in [4.69, 9.17) is 5.73 Å². The number of rotatable bonds is 0. The maximum atomic E-state index is 10.6. The van der Waals surface area contributed by atoms with Crippen molar-refractivity contribution in [2.75, 3.05) is 5.75 Å². The minimum absolute atomic E-state index is 0.142. The van der Waals surface area contributed by atoms with Gasteiger partial charge >= 0.3 is 0 Å². The lowest BCUT2D eigenvalue weighted by molar-refractivity contribution is -0.111. The lowest BCUT2D eigenvalue weighted by atomic mass is 10.2. The van der Waals surface area contributed by atoms with E-state index in [0.717, 1.165) is 12.2 Å². The Morgan fingerprint density at radius 1 is 1.75 bits per heavy atom. The zero-order chi connectivity index (χ0) is 5.98. The Labute approximate surface area is 52.8 Å². The van der Waals surface area contributed by atoms with E-state index < -0.39 is 0 Å². The monoisotopic (exact) mass is 131 g/mol. The van der Waals surface area contributed by atoms with Crippen LogP contribution in [-0.2, 0) is 4.79 Å². The van der Waals surface area contributed by atoms with Gasteiger partial charge < -0.3 is 5.73 Å². The first-order valence-corrected chi connectivity index (χ1v) is 3.69. The molecular formula is C5H9NOS. The van der Waals surface area contributed by atoms with Crippen LogP contribution >= 0.6 is 11.8 Å². The molecule has 0 radical (unpaired) electrons. The maximum Gasteiger partial charge on any atom is 0.190 e. The highest BCUT2D eigenvalue weighted by atomic mass is 32.2. The highest BCUT2D eigenvalue weighted by molar-refractivity contribution is 8.13. The molecule has 1 aliphatic heterocycles. The Bertz CT molecular complexity index is 105. The fourth-order valence-corrected chi connectivity index (χ4v) is 1.68. The predicted molar refractivity (Wildman–Crippen MR) is 34.7 cm³/mol. The van der Waals surface area contributed by atoms with E-state index in [1.165, 1.54) is 11.8 Å². The summed E-state index contributed by atoms with van der Waals surface area (Å²) in [5.74, 6) is 0.917. The smallest absolute Gasteiger partial charge is 0.190 e. The molecule has 1 fully saturated rings. The molecule has 0 aliphatic carbocycles. The number of thioether (sulfide) groups is 1. The van der Waals surface area contributed by atoms with Gasteiger partial charge in [-0.05, 0) is 6.42 Å². The second kappa shape index (κ2) is 2.51. The fourth-order valence-electron chi connectivity index (χ4n) is 0.699. The Balaban J connectivity index is 2.34. The van der Waals surface area contributed by atoms with Crippen molar-refractivity contribution in [1.82, 2.24) is 0 Å². The Morgan fingerprint density at radius 2 is 2.50 bits per heavy atom. The SMILES string of the molecule is NC1CCSC(=O)C1. The van der Waals surface area contributed by atoms with Crippen molar-refractivity contribution in [1.29, 1.82) is 0 Å². The number of carbonyl (C=O) groups is 1. The first-order chi connectivity index (χ1) is 3.79. The Morgan fingerprint density at radius 3 is 2.88 bits per heavy atom. The summed E-state index contributed by atoms with van der Waals surface area (Å²) < 4.78 is 0. The van der Waals surface area contributed by atoms with E-state index in [9.17, 15) is 4.79 Å². The van der Waals surface area contributed by atoms with Gasteiger partial charge in [0, 0.05) is 18.2 Å². The van der Waals surface area contributed by atoms with E-state index in [2.05, 4.69) is 0 Å². The standard InChI is InChI=1S/C5H9NOS/c6-4-1-2-8-5(7)3-4/h4H,1-3,6H2. The summed E-state index contributed by atoms with van der Waals surface area (Å²) in [7, 11) is 0. The molecule has 0 aromatic rings. The second-order valence-electron chi connectivity index (χ2n) is 1.97. The zero-order valence-electron chi connectivity index (χ0n) is 4.59. The molecule has 2 N–H and O–H groups in total. The largest absolute Gasteiger partial charge is 0.327 e. The average molecular weight is 131 g/mol. The van der Waals surface area contributed by atoms with Crippen LogP contribution in [0.4, 0.5) is 0 Å². The van der Waals surface area contributed by atoms with Gasteiger partial charge in [-0.1, -0.05) is 11.8 Å². The lowest BCUT2D eigenvalue weighted by Gasteiger charge is -2.14. The normalized spacial score (nSPS) is 30.6. The Hall–Kier alpha value is -0.0200. The molecule has 2 nitrogen and oxygen atoms in total. The third-order valence-electron chi connectivity index (χ3n) is 1.18. The van der Waals surface area contributed by atoms with Crippen LogP contribution in [0.5, 0.6) is 0 Å². The van der Waals surface area contributed by atoms with Crippen molar-refractivity contribution >= 4 is 16.9 Å². The van der Waals surface area contributed by atoms with E-state index in [1.54, 1.807) is 0 Å². The van der Waals surface area contributed by atoms with Crippen LogP contribution in [0.2, 0.25) is 0 Å². The number of nitrogens with two attached hydrogens (primary N) is 1. The second-order valence-corrected chi connectivity index (χ2v) is 3.13. The molecular weight excluding hydrogens is 122 g/mol. The van der Waals surface area contributed by atoms with Crippen LogP contribution in [-0.4, -0.2) is 16.9 Å². The van der Waals surface area contributed by atoms with Gasteiger partial charge in [-0.3, -0.25) is 4.79 Å². The van der Waals surface area contributed by atoms with E-state index in [-0.39, 0.29) is 11.2 Å². The van der Waals surface area contributed by atoms with Gasteiger partial charge in [0.2, 0.25) is 0 Å². The molecule has 46 valence electrons. The van der Waals surface area contributed by atoms with Crippen molar-refractivity contribution in [2.24, 2.45) is 5.73 Å². The topological polar surface area (TPSA) is 43.1 Å². The van der Waals surface area contributed by atoms with Gasteiger partial charge in [0.25, 0.3) is 0 Å². The summed E-state index contributed by atoms with van der Waals surface area (Å²) in [4.78, 5) is 10.6. The van der Waals surface area contributed by atoms with Gasteiger partial charge in [0.15, 0.2) is 5.12 Å². The zero-order valence-corrected chi connectivity index (χ0v) is 5.41. The molecule has 0 saturated carbocycles. The van der Waals surface area contributed by atoms with Crippen LogP contribution < -0.4 is 5.73 Å². The number of carbonyl (C=O) groups excluding carboxylic acids is 1.